The highest BCUT2D eigenvalue weighted by Crippen LogP contribution is 2.09. The molecule has 7 heteroatoms. The smallest absolute Gasteiger partial charge is 0.217 e. The van der Waals surface area contributed by atoms with E-state index in [4.69, 9.17) is 0 Å². The predicted octanol–water partition coefficient (Wildman–Crippen LogP) is 3.55. The zero-order chi connectivity index (χ0) is 19.3. The van der Waals surface area contributed by atoms with Crippen molar-refractivity contribution in [3.8, 4) is 0 Å². The van der Waals surface area contributed by atoms with E-state index in [0.717, 1.165) is 7.11 Å². The molecule has 1 heterocycles. The highest BCUT2D eigenvalue weighted by molar-refractivity contribution is 7.80. The first-order valence-electron chi connectivity index (χ1n) is 9.27. The summed E-state index contributed by atoms with van der Waals surface area (Å²) >= 11 is 0. The molecule has 25 heavy (non-hydrogen) atoms. The third-order valence-electron chi connectivity index (χ3n) is 4.38. The zero-order valence-corrected chi connectivity index (χ0v) is 17.4. The third kappa shape index (κ3) is 12.1. The molecule has 0 aromatic carbocycles. The molecule has 0 amide bonds. The molecule has 1 aromatic heterocycles. The van der Waals surface area contributed by atoms with Gasteiger partial charge in [-0.3, -0.25) is 4.18 Å². The predicted molar refractivity (Wildman–Crippen MR) is 99.0 cm³/mol. The van der Waals surface area contributed by atoms with E-state index in [1.165, 1.54) is 75.7 Å². The van der Waals surface area contributed by atoms with E-state index in [1.807, 2.05) is 0 Å². The Morgan fingerprint density at radius 2 is 1.48 bits per heavy atom. The molecule has 0 N–H and O–H groups in total. The lowest BCUT2D eigenvalue weighted by Crippen LogP contribution is -2.44. The van der Waals surface area contributed by atoms with Crippen LogP contribution in [0.25, 0.3) is 0 Å². The Bertz CT molecular complexity index is 568. The summed E-state index contributed by atoms with van der Waals surface area (Å²) in [5.41, 5.74) is 2.74. The van der Waals surface area contributed by atoms with E-state index in [2.05, 4.69) is 47.4 Å². The van der Waals surface area contributed by atoms with E-state index in [-0.39, 0.29) is 0 Å². The van der Waals surface area contributed by atoms with E-state index in [9.17, 15) is 13.0 Å². The summed E-state index contributed by atoms with van der Waals surface area (Å²) in [5, 5.41) is 0. The first kappa shape index (κ1) is 24.1. The monoisotopic (exact) mass is 376 g/mol. The Balaban J connectivity index is 0.000000823. The summed E-state index contributed by atoms with van der Waals surface area (Å²) in [6, 6.07) is 2.27. The topological polar surface area (TPSA) is 75.2 Å². The van der Waals surface area contributed by atoms with Crippen LogP contribution in [0.4, 0.5) is 0 Å². The van der Waals surface area contributed by atoms with E-state index < -0.39 is 10.4 Å². The molecule has 0 unspecified atom stereocenters. The van der Waals surface area contributed by atoms with Crippen LogP contribution in [0.2, 0.25) is 0 Å². The van der Waals surface area contributed by atoms with Crippen LogP contribution < -0.4 is 4.68 Å². The molecular formula is C18H36N2O4S. The van der Waals surface area contributed by atoms with Gasteiger partial charge in [-0.2, -0.15) is 4.68 Å². The van der Waals surface area contributed by atoms with Gasteiger partial charge in [0.1, 0.15) is 0 Å². The van der Waals surface area contributed by atoms with Gasteiger partial charge in [-0.15, -0.1) is 4.68 Å². The second-order valence-corrected chi connectivity index (χ2v) is 7.63. The third-order valence-corrected chi connectivity index (χ3v) is 4.78. The first-order chi connectivity index (χ1) is 11.7. The maximum atomic E-state index is 9.22. The summed E-state index contributed by atoms with van der Waals surface area (Å²) in [6.45, 7) is 7.84. The van der Waals surface area contributed by atoms with E-state index in [1.54, 1.807) is 0 Å². The lowest BCUT2D eigenvalue weighted by atomic mass is 10.1. The fraction of sp³-hybridized carbons (Fsp3) is 0.833. The lowest BCUT2D eigenvalue weighted by molar-refractivity contribution is -0.778. The molecule has 0 bridgehead atoms. The number of aryl methyl sites for hydroxylation is 2. The van der Waals surface area contributed by atoms with Crippen molar-refractivity contribution < 1.29 is 21.8 Å². The summed E-state index contributed by atoms with van der Waals surface area (Å²) in [5.74, 6) is 0. The van der Waals surface area contributed by atoms with Gasteiger partial charge in [0.2, 0.25) is 16.1 Å². The highest BCUT2D eigenvalue weighted by atomic mass is 32.3. The highest BCUT2D eigenvalue weighted by Gasteiger charge is 2.13. The van der Waals surface area contributed by atoms with Crippen molar-refractivity contribution in [3.63, 3.8) is 0 Å². The summed E-state index contributed by atoms with van der Waals surface area (Å²) in [4.78, 5) is 0. The molecule has 1 aromatic rings. The first-order valence-corrected chi connectivity index (χ1v) is 10.6. The van der Waals surface area contributed by atoms with Crippen LogP contribution in [-0.2, 0) is 28.2 Å². The minimum absolute atomic E-state index is 0.808. The Labute approximate surface area is 154 Å². The zero-order valence-electron chi connectivity index (χ0n) is 16.6. The van der Waals surface area contributed by atoms with Crippen molar-refractivity contribution in [1.82, 2.24) is 4.68 Å². The standard InChI is InChI=1S/C17H33N2.CH4O4S/c1-5-6-7-8-9-10-11-12-13-14-19-17(3)15-16(2)18(19)4;1-5-6(2,3)4/h15H,5-14H2,1-4H3;1H3,(H,2,3,4)/q+1;/p-1. The minimum Gasteiger partial charge on any atom is -0.726 e. The van der Waals surface area contributed by atoms with Crippen LogP contribution in [0.3, 0.4) is 0 Å². The van der Waals surface area contributed by atoms with Gasteiger partial charge in [0, 0.05) is 19.4 Å². The Kier molecular flexibility index (Phi) is 12.8. The van der Waals surface area contributed by atoms with Gasteiger partial charge >= 0.3 is 0 Å². The fourth-order valence-electron chi connectivity index (χ4n) is 2.80. The Hall–Kier alpha value is -0.920. The molecule has 1 rings (SSSR count). The van der Waals surface area contributed by atoms with Crippen molar-refractivity contribution in [2.24, 2.45) is 7.05 Å². The second kappa shape index (κ2) is 13.3. The average Bonchev–Trinajstić information content (AvgIpc) is 2.79. The molecule has 6 nitrogen and oxygen atoms in total. The number of hydrogen-bond donors (Lipinski definition) is 0. The van der Waals surface area contributed by atoms with Crippen molar-refractivity contribution in [1.29, 1.82) is 0 Å². The van der Waals surface area contributed by atoms with Gasteiger partial charge in [0.05, 0.1) is 19.9 Å². The maximum Gasteiger partial charge on any atom is 0.217 e. The largest absolute Gasteiger partial charge is 0.726 e. The van der Waals surface area contributed by atoms with Gasteiger partial charge in [-0.25, -0.2) is 8.42 Å². The van der Waals surface area contributed by atoms with Crippen LogP contribution >= 0.6 is 0 Å². The Morgan fingerprint density at radius 1 is 1.04 bits per heavy atom. The fourth-order valence-corrected chi connectivity index (χ4v) is 2.80. The van der Waals surface area contributed by atoms with Gasteiger partial charge in [-0.05, 0) is 13.3 Å². The molecule has 0 saturated heterocycles. The van der Waals surface area contributed by atoms with Crippen LogP contribution in [-0.4, -0.2) is 24.8 Å². The molecule has 0 aliphatic carbocycles. The molecule has 0 atom stereocenters. The van der Waals surface area contributed by atoms with Crippen molar-refractivity contribution in [2.75, 3.05) is 7.11 Å². The van der Waals surface area contributed by atoms with Gasteiger partial charge in [-0.1, -0.05) is 51.9 Å². The molecule has 0 aliphatic heterocycles. The molecule has 148 valence electrons. The second-order valence-electron chi connectivity index (χ2n) is 6.48. The maximum absolute atomic E-state index is 9.22. The lowest BCUT2D eigenvalue weighted by Gasteiger charge is -2.02. The van der Waals surface area contributed by atoms with E-state index >= 15 is 0 Å². The SMILES string of the molecule is CCCCCCCCCCC[n+]1c(C)cc(C)n1C.COS(=O)(=O)[O-]. The molecule has 0 spiro atoms. The molecule has 0 saturated carbocycles. The van der Waals surface area contributed by atoms with Crippen molar-refractivity contribution in [2.45, 2.75) is 85.1 Å². The van der Waals surface area contributed by atoms with Crippen LogP contribution in [0.15, 0.2) is 6.07 Å². The van der Waals surface area contributed by atoms with Crippen LogP contribution in [0, 0.1) is 13.8 Å². The molecular weight excluding hydrogens is 340 g/mol. The normalized spacial score (nSPS) is 11.3. The number of rotatable bonds is 11. The van der Waals surface area contributed by atoms with Crippen molar-refractivity contribution in [3.05, 3.63) is 17.5 Å². The van der Waals surface area contributed by atoms with Crippen molar-refractivity contribution >= 4 is 10.4 Å². The summed E-state index contributed by atoms with van der Waals surface area (Å²) in [6.07, 6.45) is 12.6. The van der Waals surface area contributed by atoms with E-state index in [0.29, 0.717) is 0 Å². The van der Waals surface area contributed by atoms with Gasteiger partial charge in [0.15, 0.2) is 6.54 Å². The van der Waals surface area contributed by atoms with Gasteiger partial charge in [0.25, 0.3) is 0 Å². The molecule has 0 radical (unpaired) electrons. The quantitative estimate of drug-likeness (QED) is 0.256. The number of nitrogens with zero attached hydrogens (tertiary/aromatic N) is 2. The Morgan fingerprint density at radius 3 is 1.84 bits per heavy atom. The van der Waals surface area contributed by atoms with Crippen LogP contribution in [0.5, 0.6) is 0 Å². The summed E-state index contributed by atoms with van der Waals surface area (Å²) in [7, 11) is -1.44. The van der Waals surface area contributed by atoms with Gasteiger partial charge < -0.3 is 4.55 Å². The number of hydrogen-bond acceptors (Lipinski definition) is 4. The molecule has 0 aliphatic rings. The minimum atomic E-state index is -4.41. The van der Waals surface area contributed by atoms with Crippen LogP contribution in [0.1, 0.15) is 76.1 Å². The summed E-state index contributed by atoms with van der Waals surface area (Å²) < 4.78 is 35.7. The number of unbranched alkanes of at least 4 members (excludes halogenated alkanes) is 8. The molecule has 0 fully saturated rings. The number of aromatic nitrogens is 2. The average molecular weight is 377 g/mol.